The Balaban J connectivity index is 1.87. The van der Waals surface area contributed by atoms with Crippen LogP contribution in [0.2, 0.25) is 0 Å². The number of halogens is 2. The van der Waals surface area contributed by atoms with Crippen LogP contribution >= 0.6 is 22.6 Å². The lowest BCUT2D eigenvalue weighted by Crippen LogP contribution is -1.99. The molecular weight excluding hydrogens is 398 g/mol. The lowest BCUT2D eigenvalue weighted by molar-refractivity contribution is 0.308. The summed E-state index contributed by atoms with van der Waals surface area (Å²) in [6.45, 7) is 0.359. The molecule has 0 radical (unpaired) electrons. The van der Waals surface area contributed by atoms with Gasteiger partial charge in [0.25, 0.3) is 0 Å². The molecule has 1 aromatic heterocycles. The fraction of sp³-hybridized carbons (Fsp3) is 0.125. The Bertz CT molecular complexity index is 809. The molecule has 0 N–H and O–H groups in total. The molecule has 1 heterocycles. The molecule has 0 aliphatic rings. The van der Waals surface area contributed by atoms with Crippen molar-refractivity contribution in [3.63, 3.8) is 0 Å². The average molecular weight is 410 g/mol. The quantitative estimate of drug-likeness (QED) is 0.611. The monoisotopic (exact) mass is 410 g/mol. The van der Waals surface area contributed by atoms with E-state index in [0.717, 1.165) is 11.3 Å². The summed E-state index contributed by atoms with van der Waals surface area (Å²) in [5.41, 5.74) is 1.62. The molecule has 0 aliphatic heterocycles. The van der Waals surface area contributed by atoms with Crippen molar-refractivity contribution in [2.45, 2.75) is 6.61 Å². The Morgan fingerprint density at radius 1 is 1.18 bits per heavy atom. The third kappa shape index (κ3) is 3.11. The maximum absolute atomic E-state index is 13.6. The molecule has 3 rings (SSSR count). The maximum atomic E-state index is 13.6. The van der Waals surface area contributed by atoms with Crippen LogP contribution in [-0.4, -0.2) is 17.3 Å². The molecule has 3 aromatic rings. The minimum atomic E-state index is -0.320. The number of ether oxygens (including phenoxy) is 2. The van der Waals surface area contributed by atoms with Crippen LogP contribution < -0.4 is 9.47 Å². The van der Waals surface area contributed by atoms with Gasteiger partial charge in [-0.15, -0.1) is 5.10 Å². The van der Waals surface area contributed by atoms with Crippen molar-refractivity contribution in [1.29, 1.82) is 0 Å². The third-order valence-corrected chi connectivity index (χ3v) is 4.00. The Morgan fingerprint density at radius 3 is 2.68 bits per heavy atom. The van der Waals surface area contributed by atoms with E-state index in [4.69, 9.17) is 9.47 Å². The number of aromatic nitrogens is 2. The summed E-state index contributed by atoms with van der Waals surface area (Å²) in [5, 5.41) is 8.58. The average Bonchev–Trinajstić information content (AvgIpc) is 2.53. The van der Waals surface area contributed by atoms with Crippen LogP contribution in [0.25, 0.3) is 10.9 Å². The van der Waals surface area contributed by atoms with Crippen molar-refractivity contribution in [1.82, 2.24) is 10.2 Å². The minimum absolute atomic E-state index is 0.320. The van der Waals surface area contributed by atoms with Crippen molar-refractivity contribution in [2.24, 2.45) is 0 Å². The van der Waals surface area contributed by atoms with Crippen LogP contribution in [0, 0.1) is 9.39 Å². The van der Waals surface area contributed by atoms with E-state index >= 15 is 0 Å². The van der Waals surface area contributed by atoms with Crippen LogP contribution in [0.3, 0.4) is 0 Å². The van der Waals surface area contributed by atoms with E-state index in [1.807, 2.05) is 46.9 Å². The fourth-order valence-electron chi connectivity index (χ4n) is 2.06. The SMILES string of the molecule is COc1ccc(COc2cnnc3c(I)cc(F)cc23)cc1. The van der Waals surface area contributed by atoms with Gasteiger partial charge in [0, 0.05) is 8.96 Å². The first-order valence-electron chi connectivity index (χ1n) is 6.53. The van der Waals surface area contributed by atoms with Gasteiger partial charge in [0.05, 0.1) is 13.3 Å². The second-order valence-corrected chi connectivity index (χ2v) is 5.79. The molecule has 0 fully saturated rings. The summed E-state index contributed by atoms with van der Waals surface area (Å²) in [7, 11) is 1.62. The van der Waals surface area contributed by atoms with Gasteiger partial charge < -0.3 is 9.47 Å². The van der Waals surface area contributed by atoms with Crippen molar-refractivity contribution in [3.8, 4) is 11.5 Å². The van der Waals surface area contributed by atoms with Crippen LogP contribution in [-0.2, 0) is 6.61 Å². The maximum Gasteiger partial charge on any atom is 0.149 e. The second kappa shape index (κ2) is 6.43. The highest BCUT2D eigenvalue weighted by molar-refractivity contribution is 14.1. The zero-order chi connectivity index (χ0) is 15.5. The van der Waals surface area contributed by atoms with Gasteiger partial charge in [-0.3, -0.25) is 0 Å². The first kappa shape index (κ1) is 15.0. The van der Waals surface area contributed by atoms with Gasteiger partial charge in [-0.1, -0.05) is 12.1 Å². The predicted octanol–water partition coefficient (Wildman–Crippen LogP) is 3.96. The van der Waals surface area contributed by atoms with E-state index in [-0.39, 0.29) is 5.82 Å². The molecule has 112 valence electrons. The van der Waals surface area contributed by atoms with Crippen molar-refractivity contribution in [2.75, 3.05) is 7.11 Å². The summed E-state index contributed by atoms with van der Waals surface area (Å²) >= 11 is 2.04. The lowest BCUT2D eigenvalue weighted by Gasteiger charge is -2.09. The van der Waals surface area contributed by atoms with E-state index in [2.05, 4.69) is 10.2 Å². The number of hydrogen-bond acceptors (Lipinski definition) is 4. The smallest absolute Gasteiger partial charge is 0.149 e. The van der Waals surface area contributed by atoms with E-state index in [9.17, 15) is 4.39 Å². The van der Waals surface area contributed by atoms with E-state index in [1.165, 1.54) is 18.3 Å². The van der Waals surface area contributed by atoms with E-state index < -0.39 is 0 Å². The zero-order valence-corrected chi connectivity index (χ0v) is 13.9. The number of benzene rings is 2. The first-order valence-corrected chi connectivity index (χ1v) is 7.61. The van der Waals surface area contributed by atoms with Crippen molar-refractivity contribution < 1.29 is 13.9 Å². The van der Waals surface area contributed by atoms with Crippen LogP contribution in [0.15, 0.2) is 42.6 Å². The predicted molar refractivity (Wildman–Crippen MR) is 89.5 cm³/mol. The highest BCUT2D eigenvalue weighted by atomic mass is 127. The molecule has 6 heteroatoms. The number of hydrogen-bond donors (Lipinski definition) is 0. The first-order chi connectivity index (χ1) is 10.7. The number of methoxy groups -OCH3 is 1. The Morgan fingerprint density at radius 2 is 1.95 bits per heavy atom. The molecule has 0 atom stereocenters. The van der Waals surface area contributed by atoms with Crippen molar-refractivity contribution >= 4 is 33.5 Å². The molecule has 0 saturated carbocycles. The molecule has 0 unspecified atom stereocenters. The molecule has 0 bridgehead atoms. The Hall–Kier alpha value is -1.96. The standard InChI is InChI=1S/C16H12FIN2O2/c1-21-12-4-2-10(3-5-12)9-22-15-8-19-20-16-13(15)6-11(17)7-14(16)18/h2-8H,9H2,1H3. The molecular formula is C16H12FIN2O2. The summed E-state index contributed by atoms with van der Waals surface area (Å²) in [6, 6.07) is 10.4. The molecule has 4 nitrogen and oxygen atoms in total. The summed E-state index contributed by atoms with van der Waals surface area (Å²) < 4.78 is 25.2. The molecule has 22 heavy (non-hydrogen) atoms. The van der Waals surface area contributed by atoms with Crippen LogP contribution in [0.4, 0.5) is 4.39 Å². The van der Waals surface area contributed by atoms with Crippen LogP contribution in [0.5, 0.6) is 11.5 Å². The molecule has 0 spiro atoms. The lowest BCUT2D eigenvalue weighted by atomic mass is 10.2. The normalized spacial score (nSPS) is 10.7. The summed E-state index contributed by atoms with van der Waals surface area (Å²) in [4.78, 5) is 0. The number of nitrogens with zero attached hydrogens (tertiary/aromatic N) is 2. The minimum Gasteiger partial charge on any atom is -0.497 e. The Kier molecular flexibility index (Phi) is 4.37. The van der Waals surface area contributed by atoms with Gasteiger partial charge in [-0.2, -0.15) is 5.10 Å². The van der Waals surface area contributed by atoms with Gasteiger partial charge in [0.1, 0.15) is 29.4 Å². The number of fused-ring (bicyclic) bond motifs is 1. The van der Waals surface area contributed by atoms with E-state index in [0.29, 0.717) is 26.8 Å². The topological polar surface area (TPSA) is 44.2 Å². The summed E-state index contributed by atoms with van der Waals surface area (Å²) in [5.74, 6) is 0.980. The largest absolute Gasteiger partial charge is 0.497 e. The third-order valence-electron chi connectivity index (χ3n) is 3.18. The molecule has 2 aromatic carbocycles. The zero-order valence-electron chi connectivity index (χ0n) is 11.7. The molecule has 0 aliphatic carbocycles. The van der Waals surface area contributed by atoms with E-state index in [1.54, 1.807) is 7.11 Å². The highest BCUT2D eigenvalue weighted by Gasteiger charge is 2.10. The molecule has 0 saturated heterocycles. The fourth-order valence-corrected chi connectivity index (χ4v) is 2.76. The van der Waals surface area contributed by atoms with Crippen molar-refractivity contribution in [3.05, 3.63) is 57.5 Å². The second-order valence-electron chi connectivity index (χ2n) is 4.63. The van der Waals surface area contributed by atoms with Crippen LogP contribution in [0.1, 0.15) is 5.56 Å². The number of rotatable bonds is 4. The van der Waals surface area contributed by atoms with Gasteiger partial charge in [-0.25, -0.2) is 4.39 Å². The van der Waals surface area contributed by atoms with Gasteiger partial charge >= 0.3 is 0 Å². The van der Waals surface area contributed by atoms with Gasteiger partial charge in [0.2, 0.25) is 0 Å². The summed E-state index contributed by atoms with van der Waals surface area (Å²) in [6.07, 6.45) is 1.50. The Labute approximate surface area is 140 Å². The molecule has 0 amide bonds. The van der Waals surface area contributed by atoms with Gasteiger partial charge in [-0.05, 0) is 52.4 Å². The van der Waals surface area contributed by atoms with Gasteiger partial charge in [0.15, 0.2) is 0 Å². The highest BCUT2D eigenvalue weighted by Crippen LogP contribution is 2.28.